The van der Waals surface area contributed by atoms with E-state index in [1.165, 1.54) is 16.6 Å². The maximum atomic E-state index is 12.7. The van der Waals surface area contributed by atoms with E-state index in [0.29, 0.717) is 27.7 Å². The molecule has 0 saturated heterocycles. The number of nitrogens with zero attached hydrogens (tertiary/aromatic N) is 1. The predicted octanol–water partition coefficient (Wildman–Crippen LogP) is 4.41. The molecular formula is C23H25N3O4S2. The lowest BCUT2D eigenvalue weighted by Gasteiger charge is -2.17. The van der Waals surface area contributed by atoms with Crippen LogP contribution in [0, 0.1) is 5.92 Å². The van der Waals surface area contributed by atoms with Crippen LogP contribution < -0.4 is 10.9 Å². The molecular weight excluding hydrogens is 446 g/mol. The summed E-state index contributed by atoms with van der Waals surface area (Å²) in [6.07, 6.45) is 2.77. The number of carbonyl (C=O) groups is 2. The summed E-state index contributed by atoms with van der Waals surface area (Å²) in [4.78, 5) is 46.6. The third kappa shape index (κ3) is 5.05. The number of anilines is 1. The smallest absolute Gasteiger partial charge is 0.338 e. The topological polar surface area (TPSA) is 101 Å². The van der Waals surface area contributed by atoms with Gasteiger partial charge in [0.25, 0.3) is 5.56 Å². The number of carbonyl (C=O) groups excluding carboxylic acids is 2. The van der Waals surface area contributed by atoms with Crippen LogP contribution in [0.2, 0.25) is 0 Å². The Bertz CT molecular complexity index is 1230. The van der Waals surface area contributed by atoms with E-state index in [1.54, 1.807) is 49.4 Å². The summed E-state index contributed by atoms with van der Waals surface area (Å²) in [6.45, 7) is 5.79. The second-order valence-corrected chi connectivity index (χ2v) is 10.3. The lowest BCUT2D eigenvalue weighted by molar-refractivity contribution is -0.113. The van der Waals surface area contributed by atoms with Gasteiger partial charge in [0.15, 0.2) is 5.16 Å². The third-order valence-electron chi connectivity index (χ3n) is 5.21. The van der Waals surface area contributed by atoms with E-state index in [4.69, 9.17) is 4.74 Å². The normalized spacial score (nSPS) is 15.6. The molecule has 9 heteroatoms. The molecule has 1 amide bonds. The van der Waals surface area contributed by atoms with Gasteiger partial charge >= 0.3 is 5.97 Å². The molecule has 0 aliphatic heterocycles. The zero-order chi connectivity index (χ0) is 22.8. The summed E-state index contributed by atoms with van der Waals surface area (Å²) >= 11 is 2.77. The molecule has 0 spiro atoms. The SMILES string of the molecule is CC1CCc2c(sc3nc(SCC(=O)Nc4cccc(C(=O)OC(C)C)c4)[nH]c(=O)c23)C1. The van der Waals surface area contributed by atoms with Crippen molar-refractivity contribution in [2.45, 2.75) is 51.3 Å². The summed E-state index contributed by atoms with van der Waals surface area (Å²) in [7, 11) is 0. The number of esters is 1. The number of benzene rings is 1. The summed E-state index contributed by atoms with van der Waals surface area (Å²) < 4.78 is 5.19. The number of aromatic nitrogens is 2. The fourth-order valence-corrected chi connectivity index (χ4v) is 5.84. The molecule has 0 radical (unpaired) electrons. The first-order valence-electron chi connectivity index (χ1n) is 10.6. The zero-order valence-electron chi connectivity index (χ0n) is 18.2. The van der Waals surface area contributed by atoms with Gasteiger partial charge < -0.3 is 15.0 Å². The number of nitrogens with one attached hydrogen (secondary N) is 2. The number of rotatable bonds is 6. The maximum Gasteiger partial charge on any atom is 0.338 e. The fourth-order valence-electron chi connectivity index (χ4n) is 3.73. The van der Waals surface area contributed by atoms with Crippen LogP contribution in [0.3, 0.4) is 0 Å². The Balaban J connectivity index is 1.42. The van der Waals surface area contributed by atoms with Crippen LogP contribution in [0.1, 0.15) is 48.0 Å². The molecule has 2 N–H and O–H groups in total. The highest BCUT2D eigenvalue weighted by molar-refractivity contribution is 7.99. The minimum absolute atomic E-state index is 0.0806. The minimum atomic E-state index is -0.436. The molecule has 1 aromatic carbocycles. The Kier molecular flexibility index (Phi) is 6.66. The van der Waals surface area contributed by atoms with Crippen LogP contribution in [0.4, 0.5) is 5.69 Å². The van der Waals surface area contributed by atoms with E-state index in [2.05, 4.69) is 22.2 Å². The highest BCUT2D eigenvalue weighted by atomic mass is 32.2. The average Bonchev–Trinajstić information content (AvgIpc) is 3.09. The Hall–Kier alpha value is -2.65. The molecule has 1 aliphatic rings. The van der Waals surface area contributed by atoms with Crippen molar-refractivity contribution in [1.29, 1.82) is 0 Å². The van der Waals surface area contributed by atoms with Gasteiger partial charge in [0.1, 0.15) is 4.83 Å². The summed E-state index contributed by atoms with van der Waals surface area (Å²) in [6, 6.07) is 6.61. The molecule has 3 aromatic rings. The van der Waals surface area contributed by atoms with Crippen LogP contribution in [-0.2, 0) is 22.4 Å². The van der Waals surface area contributed by atoms with Crippen LogP contribution in [0.15, 0.2) is 34.2 Å². The zero-order valence-corrected chi connectivity index (χ0v) is 19.8. The molecule has 1 atom stereocenters. The van der Waals surface area contributed by atoms with Crippen LogP contribution >= 0.6 is 23.1 Å². The highest BCUT2D eigenvalue weighted by Gasteiger charge is 2.23. The second kappa shape index (κ2) is 9.46. The number of fused-ring (bicyclic) bond motifs is 3. The predicted molar refractivity (Wildman–Crippen MR) is 128 cm³/mol. The molecule has 7 nitrogen and oxygen atoms in total. The van der Waals surface area contributed by atoms with Crippen LogP contribution in [-0.4, -0.2) is 33.7 Å². The summed E-state index contributed by atoms with van der Waals surface area (Å²) in [5.41, 5.74) is 1.88. The van der Waals surface area contributed by atoms with Gasteiger partial charge in [-0.25, -0.2) is 9.78 Å². The Labute approximate surface area is 194 Å². The lowest BCUT2D eigenvalue weighted by Crippen LogP contribution is -2.17. The van der Waals surface area contributed by atoms with Gasteiger partial charge in [-0.3, -0.25) is 9.59 Å². The molecule has 0 fully saturated rings. The number of hydrogen-bond donors (Lipinski definition) is 2. The molecule has 2 heterocycles. The van der Waals surface area contributed by atoms with Gasteiger partial charge in [0.05, 0.1) is 22.8 Å². The van der Waals surface area contributed by atoms with E-state index < -0.39 is 5.97 Å². The molecule has 0 saturated carbocycles. The van der Waals surface area contributed by atoms with Crippen molar-refractivity contribution in [2.75, 3.05) is 11.1 Å². The number of aromatic amines is 1. The Morgan fingerprint density at radius 3 is 2.97 bits per heavy atom. The largest absolute Gasteiger partial charge is 0.459 e. The number of thiophene rings is 1. The molecule has 4 rings (SSSR count). The van der Waals surface area contributed by atoms with E-state index in [9.17, 15) is 14.4 Å². The van der Waals surface area contributed by atoms with Crippen molar-refractivity contribution < 1.29 is 14.3 Å². The monoisotopic (exact) mass is 471 g/mol. The number of ether oxygens (including phenoxy) is 1. The van der Waals surface area contributed by atoms with E-state index in [0.717, 1.165) is 29.7 Å². The Morgan fingerprint density at radius 1 is 1.38 bits per heavy atom. The van der Waals surface area contributed by atoms with E-state index in [1.807, 2.05) is 0 Å². The number of amides is 1. The number of hydrogen-bond acceptors (Lipinski definition) is 7. The second-order valence-electron chi connectivity index (χ2n) is 8.27. The summed E-state index contributed by atoms with van der Waals surface area (Å²) in [5.74, 6) is 0.00923. The van der Waals surface area contributed by atoms with E-state index >= 15 is 0 Å². The van der Waals surface area contributed by atoms with Crippen molar-refractivity contribution in [3.8, 4) is 0 Å². The van der Waals surface area contributed by atoms with Gasteiger partial charge in [0.2, 0.25) is 5.91 Å². The molecule has 1 unspecified atom stereocenters. The van der Waals surface area contributed by atoms with Crippen molar-refractivity contribution in [2.24, 2.45) is 5.92 Å². The van der Waals surface area contributed by atoms with Crippen molar-refractivity contribution in [1.82, 2.24) is 9.97 Å². The maximum absolute atomic E-state index is 12.7. The number of aryl methyl sites for hydroxylation is 1. The molecule has 32 heavy (non-hydrogen) atoms. The standard InChI is InChI=1S/C23H25N3O4S2/c1-12(2)30-22(29)14-5-4-6-15(10-14)24-18(27)11-31-23-25-20(28)19-16-8-7-13(3)9-17(16)32-21(19)26-23/h4-6,10,12-13H,7-9,11H2,1-3H3,(H,24,27)(H,25,26,28). The van der Waals surface area contributed by atoms with Crippen molar-refractivity contribution in [3.63, 3.8) is 0 Å². The van der Waals surface area contributed by atoms with Gasteiger partial charge in [0, 0.05) is 10.6 Å². The van der Waals surface area contributed by atoms with Gasteiger partial charge in [-0.1, -0.05) is 24.8 Å². The van der Waals surface area contributed by atoms with E-state index in [-0.39, 0.29) is 23.3 Å². The molecule has 1 aliphatic carbocycles. The van der Waals surface area contributed by atoms with Gasteiger partial charge in [-0.05, 0) is 62.8 Å². The number of H-pyrrole nitrogens is 1. The third-order valence-corrected chi connectivity index (χ3v) is 7.23. The van der Waals surface area contributed by atoms with Crippen molar-refractivity contribution >= 4 is 50.9 Å². The molecule has 168 valence electrons. The average molecular weight is 472 g/mol. The van der Waals surface area contributed by atoms with Gasteiger partial charge in [-0.15, -0.1) is 11.3 Å². The fraction of sp³-hybridized carbons (Fsp3) is 0.391. The highest BCUT2D eigenvalue weighted by Crippen LogP contribution is 2.36. The van der Waals surface area contributed by atoms with Crippen LogP contribution in [0.5, 0.6) is 0 Å². The first-order chi connectivity index (χ1) is 15.3. The minimum Gasteiger partial charge on any atom is -0.459 e. The molecule has 0 bridgehead atoms. The quantitative estimate of drug-likeness (QED) is 0.314. The number of thioether (sulfide) groups is 1. The summed E-state index contributed by atoms with van der Waals surface area (Å²) in [5, 5.41) is 3.91. The lowest BCUT2D eigenvalue weighted by atomic mass is 9.89. The first-order valence-corrected chi connectivity index (χ1v) is 12.4. The van der Waals surface area contributed by atoms with Gasteiger partial charge in [-0.2, -0.15) is 0 Å². The van der Waals surface area contributed by atoms with Crippen LogP contribution in [0.25, 0.3) is 10.2 Å². The molecule has 2 aromatic heterocycles. The van der Waals surface area contributed by atoms with Crippen molar-refractivity contribution in [3.05, 3.63) is 50.6 Å². The first kappa shape index (κ1) is 22.5. The Morgan fingerprint density at radius 2 is 2.19 bits per heavy atom.